The molecule has 3 rings (SSSR count). The SMILES string of the molecule is CC1CCO1.CCOc1ccc(CC2CNC(=O)N2)cc1. The molecule has 2 heterocycles. The van der Waals surface area contributed by atoms with E-state index in [2.05, 4.69) is 17.6 Å². The van der Waals surface area contributed by atoms with E-state index >= 15 is 0 Å². The lowest BCUT2D eigenvalue weighted by Crippen LogP contribution is -2.28. The van der Waals surface area contributed by atoms with Gasteiger partial charge in [-0.05, 0) is 44.4 Å². The topological polar surface area (TPSA) is 59.6 Å². The van der Waals surface area contributed by atoms with Crippen LogP contribution in [0.3, 0.4) is 0 Å². The summed E-state index contributed by atoms with van der Waals surface area (Å²) in [6.07, 6.45) is 2.68. The first-order chi connectivity index (χ1) is 10.2. The average molecular weight is 292 g/mol. The Morgan fingerprint density at radius 2 is 2.00 bits per heavy atom. The molecule has 5 nitrogen and oxygen atoms in total. The molecule has 116 valence electrons. The van der Waals surface area contributed by atoms with Gasteiger partial charge in [0.25, 0.3) is 0 Å². The number of hydrogen-bond acceptors (Lipinski definition) is 3. The lowest BCUT2D eigenvalue weighted by atomic mass is 10.1. The van der Waals surface area contributed by atoms with Gasteiger partial charge < -0.3 is 20.1 Å². The maximum Gasteiger partial charge on any atom is 0.315 e. The van der Waals surface area contributed by atoms with Crippen molar-refractivity contribution >= 4 is 6.03 Å². The summed E-state index contributed by atoms with van der Waals surface area (Å²) in [6.45, 7) is 6.42. The van der Waals surface area contributed by atoms with Crippen LogP contribution in [-0.2, 0) is 11.2 Å². The molecule has 1 aromatic rings. The molecule has 21 heavy (non-hydrogen) atoms. The van der Waals surface area contributed by atoms with E-state index in [1.54, 1.807) is 0 Å². The van der Waals surface area contributed by atoms with Crippen molar-refractivity contribution in [3.63, 3.8) is 0 Å². The highest BCUT2D eigenvalue weighted by Gasteiger charge is 2.19. The molecule has 0 saturated carbocycles. The van der Waals surface area contributed by atoms with Gasteiger partial charge in [-0.2, -0.15) is 0 Å². The standard InChI is InChI=1S/C12H16N2O2.C4H8O/c1-2-16-11-5-3-9(4-6-11)7-10-8-13-12(15)14-10;1-4-2-3-5-4/h3-6,10H,2,7-8H2,1H3,(H2,13,14,15);4H,2-3H2,1H3. The van der Waals surface area contributed by atoms with Crippen molar-refractivity contribution in [2.24, 2.45) is 0 Å². The van der Waals surface area contributed by atoms with E-state index in [4.69, 9.17) is 9.47 Å². The van der Waals surface area contributed by atoms with E-state index < -0.39 is 0 Å². The maximum atomic E-state index is 10.9. The molecule has 2 aliphatic heterocycles. The van der Waals surface area contributed by atoms with E-state index in [0.717, 1.165) is 18.8 Å². The van der Waals surface area contributed by atoms with Gasteiger partial charge in [-0.1, -0.05) is 12.1 Å². The lowest BCUT2D eigenvalue weighted by molar-refractivity contribution is -0.0375. The van der Waals surface area contributed by atoms with Gasteiger partial charge in [-0.15, -0.1) is 0 Å². The molecule has 2 unspecified atom stereocenters. The number of rotatable bonds is 4. The number of carbonyl (C=O) groups is 1. The van der Waals surface area contributed by atoms with Gasteiger partial charge in [0.15, 0.2) is 0 Å². The van der Waals surface area contributed by atoms with Crippen LogP contribution < -0.4 is 15.4 Å². The molecule has 0 radical (unpaired) electrons. The third-order valence-corrected chi connectivity index (χ3v) is 3.49. The van der Waals surface area contributed by atoms with Crippen LogP contribution in [0.1, 0.15) is 25.8 Å². The summed E-state index contributed by atoms with van der Waals surface area (Å²) >= 11 is 0. The average Bonchev–Trinajstić information content (AvgIpc) is 2.85. The Kier molecular flexibility index (Phi) is 5.87. The normalized spacial score (nSPS) is 23.2. The molecule has 2 atom stereocenters. The Morgan fingerprint density at radius 3 is 2.43 bits per heavy atom. The largest absolute Gasteiger partial charge is 0.494 e. The third-order valence-electron chi connectivity index (χ3n) is 3.49. The molecular weight excluding hydrogens is 268 g/mol. The molecule has 2 saturated heterocycles. The van der Waals surface area contributed by atoms with Gasteiger partial charge in [0.2, 0.25) is 0 Å². The second-order valence-corrected chi connectivity index (χ2v) is 5.30. The first-order valence-corrected chi connectivity index (χ1v) is 7.55. The van der Waals surface area contributed by atoms with E-state index in [1.807, 2.05) is 31.2 Å². The number of amides is 2. The summed E-state index contributed by atoms with van der Waals surface area (Å²) in [5.74, 6) is 0.889. The number of benzene rings is 1. The van der Waals surface area contributed by atoms with Crippen molar-refractivity contribution in [3.8, 4) is 5.75 Å². The van der Waals surface area contributed by atoms with Crippen LogP contribution in [0.4, 0.5) is 4.79 Å². The summed E-state index contributed by atoms with van der Waals surface area (Å²) in [5, 5.41) is 5.61. The zero-order valence-corrected chi connectivity index (χ0v) is 12.7. The number of hydrogen-bond donors (Lipinski definition) is 2. The fourth-order valence-corrected chi connectivity index (χ4v) is 2.15. The van der Waals surface area contributed by atoms with Crippen molar-refractivity contribution in [2.75, 3.05) is 19.8 Å². The number of urea groups is 1. The molecule has 2 fully saturated rings. The Labute approximate surface area is 126 Å². The molecule has 1 aromatic carbocycles. The van der Waals surface area contributed by atoms with Crippen molar-refractivity contribution in [2.45, 2.75) is 38.8 Å². The van der Waals surface area contributed by atoms with Crippen molar-refractivity contribution in [3.05, 3.63) is 29.8 Å². The van der Waals surface area contributed by atoms with Crippen LogP contribution in [0.25, 0.3) is 0 Å². The summed E-state index contributed by atoms with van der Waals surface area (Å²) < 4.78 is 10.3. The van der Waals surface area contributed by atoms with Gasteiger partial charge >= 0.3 is 6.03 Å². The highest BCUT2D eigenvalue weighted by Crippen LogP contribution is 2.13. The fraction of sp³-hybridized carbons (Fsp3) is 0.562. The van der Waals surface area contributed by atoms with E-state index in [9.17, 15) is 4.79 Å². The lowest BCUT2D eigenvalue weighted by Gasteiger charge is -2.20. The van der Waals surface area contributed by atoms with Crippen molar-refractivity contribution < 1.29 is 14.3 Å². The zero-order valence-electron chi connectivity index (χ0n) is 12.7. The number of carbonyl (C=O) groups excluding carboxylic acids is 1. The number of nitrogens with one attached hydrogen (secondary N) is 2. The van der Waals surface area contributed by atoms with E-state index in [-0.39, 0.29) is 12.1 Å². The minimum atomic E-state index is -0.0732. The van der Waals surface area contributed by atoms with Crippen LogP contribution >= 0.6 is 0 Å². The Hall–Kier alpha value is -1.75. The fourth-order valence-electron chi connectivity index (χ4n) is 2.15. The molecule has 0 aliphatic carbocycles. The first-order valence-electron chi connectivity index (χ1n) is 7.55. The molecule has 2 N–H and O–H groups in total. The summed E-state index contributed by atoms with van der Waals surface area (Å²) in [5.41, 5.74) is 1.21. The third kappa shape index (κ3) is 5.27. The molecule has 0 spiro atoms. The van der Waals surface area contributed by atoms with Crippen LogP contribution in [0.15, 0.2) is 24.3 Å². The van der Waals surface area contributed by atoms with Gasteiger partial charge in [0.05, 0.1) is 18.8 Å². The molecule has 2 aliphatic rings. The minimum absolute atomic E-state index is 0.0732. The second-order valence-electron chi connectivity index (χ2n) is 5.30. The Balaban J connectivity index is 0.000000272. The predicted octanol–water partition coefficient (Wildman–Crippen LogP) is 2.10. The highest BCUT2D eigenvalue weighted by molar-refractivity contribution is 5.76. The minimum Gasteiger partial charge on any atom is -0.494 e. The van der Waals surface area contributed by atoms with Crippen LogP contribution in [0.2, 0.25) is 0 Å². The van der Waals surface area contributed by atoms with Gasteiger partial charge in [-0.3, -0.25) is 0 Å². The molecule has 2 amide bonds. The predicted molar refractivity (Wildman–Crippen MR) is 81.7 cm³/mol. The van der Waals surface area contributed by atoms with Gasteiger partial charge in [0, 0.05) is 13.2 Å². The maximum absolute atomic E-state index is 10.9. The Morgan fingerprint density at radius 1 is 1.33 bits per heavy atom. The smallest absolute Gasteiger partial charge is 0.315 e. The second kappa shape index (κ2) is 7.88. The summed E-state index contributed by atoms with van der Waals surface area (Å²) in [4.78, 5) is 10.9. The Bertz CT molecular complexity index is 443. The van der Waals surface area contributed by atoms with Crippen molar-refractivity contribution in [1.82, 2.24) is 10.6 Å². The molecule has 5 heteroatoms. The highest BCUT2D eigenvalue weighted by atomic mass is 16.5. The van der Waals surface area contributed by atoms with E-state index in [0.29, 0.717) is 19.3 Å². The first kappa shape index (κ1) is 15.6. The molecular formula is C16H24N2O3. The molecule has 0 bridgehead atoms. The monoisotopic (exact) mass is 292 g/mol. The van der Waals surface area contributed by atoms with Crippen LogP contribution in [0.5, 0.6) is 5.75 Å². The van der Waals surface area contributed by atoms with E-state index in [1.165, 1.54) is 12.0 Å². The van der Waals surface area contributed by atoms with Gasteiger partial charge in [0.1, 0.15) is 5.75 Å². The van der Waals surface area contributed by atoms with Crippen LogP contribution in [0, 0.1) is 0 Å². The quantitative estimate of drug-likeness (QED) is 0.893. The van der Waals surface area contributed by atoms with Crippen LogP contribution in [-0.4, -0.2) is 37.9 Å². The summed E-state index contributed by atoms with van der Waals surface area (Å²) in [7, 11) is 0. The van der Waals surface area contributed by atoms with Crippen molar-refractivity contribution in [1.29, 1.82) is 0 Å². The zero-order chi connectivity index (χ0) is 15.1. The summed E-state index contributed by atoms with van der Waals surface area (Å²) in [6, 6.07) is 8.12. The van der Waals surface area contributed by atoms with Gasteiger partial charge in [-0.25, -0.2) is 4.79 Å². The number of ether oxygens (including phenoxy) is 2. The molecule has 0 aromatic heterocycles.